The summed E-state index contributed by atoms with van der Waals surface area (Å²) in [4.78, 5) is 30.5. The third-order valence-corrected chi connectivity index (χ3v) is 6.90. The second kappa shape index (κ2) is 10.9. The second-order valence-electron chi connectivity index (χ2n) is 8.97. The van der Waals surface area contributed by atoms with E-state index in [2.05, 4.69) is 6.07 Å². The number of ether oxygens (including phenoxy) is 1. The van der Waals surface area contributed by atoms with Crippen LogP contribution in [0.15, 0.2) is 71.6 Å². The van der Waals surface area contributed by atoms with Gasteiger partial charge in [-0.25, -0.2) is 0 Å². The normalized spacial score (nSPS) is 17.4. The molecule has 1 unspecified atom stereocenters. The van der Waals surface area contributed by atoms with E-state index < -0.39 is 17.7 Å². The Kier molecular flexibility index (Phi) is 7.68. The van der Waals surface area contributed by atoms with E-state index in [9.17, 15) is 14.7 Å². The molecule has 1 fully saturated rings. The summed E-state index contributed by atoms with van der Waals surface area (Å²) in [6.45, 7) is 3.71. The van der Waals surface area contributed by atoms with E-state index in [0.29, 0.717) is 24.5 Å². The second-order valence-corrected chi connectivity index (χ2v) is 9.95. The summed E-state index contributed by atoms with van der Waals surface area (Å²) >= 11 is 1.47. The molecule has 1 amide bonds. The zero-order valence-corrected chi connectivity index (χ0v) is 21.0. The number of Topliss-reactive ketones (excluding diaryl/α,β-unsaturated/α-hetero) is 1. The highest BCUT2D eigenvalue weighted by Crippen LogP contribution is 2.41. The molecule has 4 rings (SSSR count). The first-order chi connectivity index (χ1) is 16.8. The van der Waals surface area contributed by atoms with Crippen LogP contribution in [0.3, 0.4) is 0 Å². The highest BCUT2D eigenvalue weighted by Gasteiger charge is 2.46. The first-order valence-electron chi connectivity index (χ1n) is 11.6. The summed E-state index contributed by atoms with van der Waals surface area (Å²) in [7, 11) is 3.94. The molecule has 0 radical (unpaired) electrons. The van der Waals surface area contributed by atoms with Crippen LogP contribution in [0.25, 0.3) is 5.76 Å². The lowest BCUT2D eigenvalue weighted by Crippen LogP contribution is -2.32. The van der Waals surface area contributed by atoms with Gasteiger partial charge in [0.05, 0.1) is 11.6 Å². The van der Waals surface area contributed by atoms with E-state index in [-0.39, 0.29) is 11.3 Å². The van der Waals surface area contributed by atoms with Gasteiger partial charge in [-0.2, -0.15) is 0 Å². The van der Waals surface area contributed by atoms with Crippen LogP contribution in [0.4, 0.5) is 0 Å². The zero-order chi connectivity index (χ0) is 24.9. The van der Waals surface area contributed by atoms with E-state index in [1.54, 1.807) is 29.2 Å². The fourth-order valence-electron chi connectivity index (χ4n) is 4.24. The molecule has 1 aliphatic heterocycles. The van der Waals surface area contributed by atoms with Crippen molar-refractivity contribution in [3.05, 3.63) is 93.2 Å². The number of aliphatic hydroxyl groups excluding tert-OH is 1. The third-order valence-electron chi connectivity index (χ3n) is 5.97. The minimum Gasteiger partial charge on any atom is -0.507 e. The van der Waals surface area contributed by atoms with Gasteiger partial charge in [-0.3, -0.25) is 9.59 Å². The summed E-state index contributed by atoms with van der Waals surface area (Å²) in [5, 5.41) is 13.1. The smallest absolute Gasteiger partial charge is 0.295 e. The molecule has 35 heavy (non-hydrogen) atoms. The lowest BCUT2D eigenvalue weighted by Gasteiger charge is -2.24. The molecule has 182 valence electrons. The van der Waals surface area contributed by atoms with Gasteiger partial charge in [-0.15, -0.1) is 11.3 Å². The molecule has 1 aromatic heterocycles. The van der Waals surface area contributed by atoms with Crippen LogP contribution in [0.1, 0.15) is 34.0 Å². The van der Waals surface area contributed by atoms with Crippen LogP contribution >= 0.6 is 11.3 Å². The van der Waals surface area contributed by atoms with Crippen molar-refractivity contribution in [2.24, 2.45) is 0 Å². The number of carbonyl (C=O) groups is 2. The van der Waals surface area contributed by atoms with Crippen molar-refractivity contribution in [3.8, 4) is 5.75 Å². The molecule has 3 aromatic rings. The summed E-state index contributed by atoms with van der Waals surface area (Å²) < 4.78 is 5.88. The number of hydrogen-bond acceptors (Lipinski definition) is 6. The summed E-state index contributed by atoms with van der Waals surface area (Å²) in [6, 6.07) is 18.3. The van der Waals surface area contributed by atoms with Crippen LogP contribution in [-0.2, 0) is 16.2 Å². The Morgan fingerprint density at radius 3 is 2.51 bits per heavy atom. The van der Waals surface area contributed by atoms with Gasteiger partial charge in [0.2, 0.25) is 0 Å². The maximum Gasteiger partial charge on any atom is 0.295 e. The number of hydrogen-bond donors (Lipinski definition) is 1. The number of likely N-dealkylation sites (tertiary alicyclic amines) is 1. The van der Waals surface area contributed by atoms with Gasteiger partial charge < -0.3 is 19.6 Å². The molecule has 0 spiro atoms. The molecule has 0 bridgehead atoms. The zero-order valence-electron chi connectivity index (χ0n) is 20.2. The number of rotatable bonds is 9. The predicted molar refractivity (Wildman–Crippen MR) is 138 cm³/mol. The summed E-state index contributed by atoms with van der Waals surface area (Å²) in [5.41, 5.74) is 2.85. The number of thiophene rings is 1. The highest BCUT2D eigenvalue weighted by molar-refractivity contribution is 7.10. The number of benzene rings is 2. The molecule has 1 saturated heterocycles. The molecule has 1 aliphatic rings. The molecular formula is C28H30N2O4S. The van der Waals surface area contributed by atoms with Crippen molar-refractivity contribution in [1.82, 2.24) is 9.80 Å². The monoisotopic (exact) mass is 490 g/mol. The van der Waals surface area contributed by atoms with Crippen molar-refractivity contribution >= 4 is 28.8 Å². The lowest BCUT2D eigenvalue weighted by atomic mass is 10.00. The Balaban J connectivity index is 1.58. The van der Waals surface area contributed by atoms with Gasteiger partial charge in [-0.05, 0) is 75.3 Å². The van der Waals surface area contributed by atoms with Gasteiger partial charge >= 0.3 is 0 Å². The van der Waals surface area contributed by atoms with Crippen molar-refractivity contribution in [2.75, 3.05) is 27.2 Å². The number of ketones is 1. The van der Waals surface area contributed by atoms with Gasteiger partial charge in [0, 0.05) is 17.0 Å². The summed E-state index contributed by atoms with van der Waals surface area (Å²) in [5.74, 6) is -0.726. The van der Waals surface area contributed by atoms with Crippen molar-refractivity contribution in [3.63, 3.8) is 0 Å². The van der Waals surface area contributed by atoms with E-state index in [4.69, 9.17) is 4.74 Å². The molecular weight excluding hydrogens is 460 g/mol. The topological polar surface area (TPSA) is 70.1 Å². The minimum atomic E-state index is -0.648. The Labute approximate surface area is 210 Å². The largest absolute Gasteiger partial charge is 0.507 e. The SMILES string of the molecule is Cc1cccc(COc2ccc(C(O)=C3C(=O)C(=O)N(CCCN(C)C)C3c3cccs3)cc2)c1. The van der Waals surface area contributed by atoms with Crippen LogP contribution in [-0.4, -0.2) is 53.8 Å². The van der Waals surface area contributed by atoms with Gasteiger partial charge in [0.25, 0.3) is 11.7 Å². The van der Waals surface area contributed by atoms with Crippen molar-refractivity contribution in [2.45, 2.75) is 26.0 Å². The molecule has 1 atom stereocenters. The number of aryl methyl sites for hydroxylation is 1. The number of amides is 1. The van der Waals surface area contributed by atoms with Crippen LogP contribution < -0.4 is 4.74 Å². The molecule has 2 aromatic carbocycles. The lowest BCUT2D eigenvalue weighted by molar-refractivity contribution is -0.139. The maximum atomic E-state index is 13.0. The van der Waals surface area contributed by atoms with E-state index >= 15 is 0 Å². The van der Waals surface area contributed by atoms with Gasteiger partial charge in [0.15, 0.2) is 0 Å². The van der Waals surface area contributed by atoms with Crippen molar-refractivity contribution in [1.29, 1.82) is 0 Å². The quantitative estimate of drug-likeness (QED) is 0.259. The highest BCUT2D eigenvalue weighted by atomic mass is 32.1. The first kappa shape index (κ1) is 24.7. The fraction of sp³-hybridized carbons (Fsp3) is 0.286. The maximum absolute atomic E-state index is 13.0. The standard InChI is InChI=1S/C28H30N2O4S/c1-19-7-4-8-20(17-19)18-34-22-12-10-21(11-13-22)26(31)24-25(23-9-5-16-35-23)30(28(33)27(24)32)15-6-14-29(2)3/h4-5,7-13,16-17,25,31H,6,14-15,18H2,1-3H3. The molecule has 2 heterocycles. The predicted octanol–water partition coefficient (Wildman–Crippen LogP) is 5.01. The molecule has 0 aliphatic carbocycles. The first-order valence-corrected chi connectivity index (χ1v) is 12.5. The van der Waals surface area contributed by atoms with Gasteiger partial charge in [-0.1, -0.05) is 35.9 Å². The number of carbonyl (C=O) groups excluding carboxylic acids is 2. The van der Waals surface area contributed by atoms with Gasteiger partial charge in [0.1, 0.15) is 18.1 Å². The van der Waals surface area contributed by atoms with Crippen LogP contribution in [0.5, 0.6) is 5.75 Å². The molecule has 6 nitrogen and oxygen atoms in total. The Morgan fingerprint density at radius 2 is 1.86 bits per heavy atom. The Bertz CT molecular complexity index is 1220. The average molecular weight is 491 g/mol. The summed E-state index contributed by atoms with van der Waals surface area (Å²) in [6.07, 6.45) is 0.731. The van der Waals surface area contributed by atoms with Crippen molar-refractivity contribution < 1.29 is 19.4 Å². The van der Waals surface area contributed by atoms with Crippen LogP contribution in [0, 0.1) is 6.92 Å². The van der Waals surface area contributed by atoms with E-state index in [1.807, 2.05) is 61.6 Å². The average Bonchev–Trinajstić information content (AvgIpc) is 3.45. The molecule has 0 saturated carbocycles. The van der Waals surface area contributed by atoms with Crippen LogP contribution in [0.2, 0.25) is 0 Å². The molecule has 7 heteroatoms. The number of nitrogens with zero attached hydrogens (tertiary/aromatic N) is 2. The van der Waals surface area contributed by atoms with E-state index in [1.165, 1.54) is 16.9 Å². The Morgan fingerprint density at radius 1 is 1.09 bits per heavy atom. The minimum absolute atomic E-state index is 0.135. The number of aliphatic hydroxyl groups is 1. The Hall–Kier alpha value is -3.42. The third kappa shape index (κ3) is 5.63. The fourth-order valence-corrected chi connectivity index (χ4v) is 5.09. The molecule has 1 N–H and O–H groups in total. The van der Waals surface area contributed by atoms with E-state index in [0.717, 1.165) is 23.4 Å².